The molecule has 3 N–H and O–H groups in total. The molecule has 2 rings (SSSR count). The first-order valence-electron chi connectivity index (χ1n) is 8.90. The van der Waals surface area contributed by atoms with E-state index < -0.39 is 0 Å². The Morgan fingerprint density at radius 1 is 1.27 bits per heavy atom. The van der Waals surface area contributed by atoms with Crippen LogP contribution in [0.2, 0.25) is 0 Å². The fraction of sp³-hybridized carbons (Fsp3) is 1.00. The molecule has 5 heteroatoms. The predicted octanol–water partition coefficient (Wildman–Crippen LogP) is 2.34. The summed E-state index contributed by atoms with van der Waals surface area (Å²) < 4.78 is 5.65. The molecular formula is C17H35ClN2O2. The van der Waals surface area contributed by atoms with E-state index in [4.69, 9.17) is 4.74 Å². The molecule has 1 aliphatic carbocycles. The maximum Gasteiger partial charge on any atom is 0.0623 e. The zero-order valence-corrected chi connectivity index (χ0v) is 15.1. The van der Waals surface area contributed by atoms with Crippen molar-refractivity contribution in [1.29, 1.82) is 0 Å². The van der Waals surface area contributed by atoms with Crippen molar-refractivity contribution in [3.05, 3.63) is 0 Å². The first-order chi connectivity index (χ1) is 10.2. The molecule has 3 atom stereocenters. The van der Waals surface area contributed by atoms with Crippen LogP contribution in [-0.2, 0) is 4.74 Å². The Hall–Kier alpha value is 0.130. The normalized spacial score (nSPS) is 29.3. The van der Waals surface area contributed by atoms with Gasteiger partial charge in [-0.05, 0) is 43.4 Å². The molecule has 1 aliphatic heterocycles. The van der Waals surface area contributed by atoms with Gasteiger partial charge in [0.2, 0.25) is 0 Å². The van der Waals surface area contributed by atoms with Gasteiger partial charge in [0.05, 0.1) is 13.2 Å². The van der Waals surface area contributed by atoms with Crippen LogP contribution in [0.5, 0.6) is 0 Å². The lowest BCUT2D eigenvalue weighted by atomic mass is 9.79. The van der Waals surface area contributed by atoms with E-state index in [0.29, 0.717) is 24.6 Å². The summed E-state index contributed by atoms with van der Waals surface area (Å²) in [4.78, 5) is 0. The number of nitrogens with one attached hydrogen (secondary N) is 2. The van der Waals surface area contributed by atoms with Crippen LogP contribution in [0.3, 0.4) is 0 Å². The topological polar surface area (TPSA) is 53.5 Å². The van der Waals surface area contributed by atoms with Gasteiger partial charge in [0, 0.05) is 31.8 Å². The molecule has 1 saturated carbocycles. The van der Waals surface area contributed by atoms with E-state index in [9.17, 15) is 5.11 Å². The second kappa shape index (κ2) is 10.1. The average molecular weight is 335 g/mol. The van der Waals surface area contributed by atoms with Gasteiger partial charge < -0.3 is 20.5 Å². The van der Waals surface area contributed by atoms with Crippen LogP contribution in [-0.4, -0.2) is 50.1 Å². The molecule has 0 aromatic heterocycles. The number of aliphatic hydroxyl groups is 1. The Kier molecular flexibility index (Phi) is 9.25. The van der Waals surface area contributed by atoms with Gasteiger partial charge in [0.1, 0.15) is 0 Å². The third kappa shape index (κ3) is 5.07. The lowest BCUT2D eigenvalue weighted by molar-refractivity contribution is 0.0509. The summed E-state index contributed by atoms with van der Waals surface area (Å²) in [6.07, 6.45) is 7.11. The van der Waals surface area contributed by atoms with Crippen LogP contribution >= 0.6 is 12.4 Å². The molecule has 2 aliphatic rings. The quantitative estimate of drug-likeness (QED) is 0.638. The third-order valence-electron chi connectivity index (χ3n) is 5.92. The number of hydrogen-bond acceptors (Lipinski definition) is 4. The van der Waals surface area contributed by atoms with Gasteiger partial charge in [-0.3, -0.25) is 0 Å². The van der Waals surface area contributed by atoms with E-state index in [2.05, 4.69) is 24.5 Å². The van der Waals surface area contributed by atoms with Crippen LogP contribution in [0.4, 0.5) is 0 Å². The zero-order chi connectivity index (χ0) is 15.1. The van der Waals surface area contributed by atoms with Crippen LogP contribution in [0.25, 0.3) is 0 Å². The summed E-state index contributed by atoms with van der Waals surface area (Å²) >= 11 is 0. The average Bonchev–Trinajstić information content (AvgIpc) is 3.01. The summed E-state index contributed by atoms with van der Waals surface area (Å²) in [5, 5.41) is 16.8. The largest absolute Gasteiger partial charge is 0.396 e. The van der Waals surface area contributed by atoms with E-state index in [1.165, 1.54) is 19.3 Å². The highest BCUT2D eigenvalue weighted by atomic mass is 35.5. The molecule has 132 valence electrons. The van der Waals surface area contributed by atoms with Crippen molar-refractivity contribution < 1.29 is 9.84 Å². The Balaban J connectivity index is 0.00000242. The van der Waals surface area contributed by atoms with Crippen molar-refractivity contribution in [2.75, 3.05) is 32.9 Å². The van der Waals surface area contributed by atoms with Crippen molar-refractivity contribution in [2.24, 2.45) is 11.3 Å². The molecule has 3 unspecified atom stereocenters. The molecule has 0 spiro atoms. The molecule has 0 aromatic carbocycles. The second-order valence-corrected chi connectivity index (χ2v) is 6.90. The minimum Gasteiger partial charge on any atom is -0.396 e. The fourth-order valence-electron chi connectivity index (χ4n) is 4.11. The van der Waals surface area contributed by atoms with Crippen molar-refractivity contribution in [3.8, 4) is 0 Å². The summed E-state index contributed by atoms with van der Waals surface area (Å²) in [6, 6.07) is 1.13. The monoisotopic (exact) mass is 334 g/mol. The Morgan fingerprint density at radius 3 is 2.64 bits per heavy atom. The van der Waals surface area contributed by atoms with Gasteiger partial charge in [-0.2, -0.15) is 0 Å². The standard InChI is InChI=1S/C17H34N2O2.ClH/c1-3-17(4-2,8-10-20)13-19-15-7-5-6-14(15)16-12-21-11-9-18-16;/h14-16,18-20H,3-13H2,1-2H3;1H. The SMILES string of the molecule is CCC(CC)(CCO)CNC1CCCC1C1COCCN1.Cl. The van der Waals surface area contributed by atoms with Crippen LogP contribution in [0.1, 0.15) is 52.4 Å². The highest BCUT2D eigenvalue weighted by Gasteiger charge is 2.36. The number of hydrogen-bond donors (Lipinski definition) is 3. The molecule has 22 heavy (non-hydrogen) atoms. The van der Waals surface area contributed by atoms with Gasteiger partial charge in [0.15, 0.2) is 0 Å². The number of aliphatic hydroxyl groups excluding tert-OH is 1. The first-order valence-corrected chi connectivity index (χ1v) is 8.90. The maximum atomic E-state index is 9.36. The van der Waals surface area contributed by atoms with Gasteiger partial charge in [0.25, 0.3) is 0 Å². The summed E-state index contributed by atoms with van der Waals surface area (Å²) in [5.74, 6) is 0.700. The highest BCUT2D eigenvalue weighted by Crippen LogP contribution is 2.33. The third-order valence-corrected chi connectivity index (χ3v) is 5.92. The molecule has 0 amide bonds. The van der Waals surface area contributed by atoms with Crippen molar-refractivity contribution in [3.63, 3.8) is 0 Å². The summed E-state index contributed by atoms with van der Waals surface area (Å²) in [6.45, 7) is 8.56. The van der Waals surface area contributed by atoms with Crippen LogP contribution in [0, 0.1) is 11.3 Å². The summed E-state index contributed by atoms with van der Waals surface area (Å²) in [5.41, 5.74) is 0.262. The molecule has 0 radical (unpaired) electrons. The Morgan fingerprint density at radius 2 is 2.05 bits per heavy atom. The minimum absolute atomic E-state index is 0. The Labute approximate surface area is 142 Å². The van der Waals surface area contributed by atoms with Crippen molar-refractivity contribution in [2.45, 2.75) is 64.5 Å². The smallest absolute Gasteiger partial charge is 0.0623 e. The molecule has 0 aromatic rings. The van der Waals surface area contributed by atoms with E-state index in [1.807, 2.05) is 0 Å². The fourth-order valence-corrected chi connectivity index (χ4v) is 4.11. The predicted molar refractivity (Wildman–Crippen MR) is 93.7 cm³/mol. The van der Waals surface area contributed by atoms with Gasteiger partial charge in [-0.1, -0.05) is 20.3 Å². The zero-order valence-electron chi connectivity index (χ0n) is 14.3. The van der Waals surface area contributed by atoms with E-state index in [1.54, 1.807) is 0 Å². The van der Waals surface area contributed by atoms with Crippen LogP contribution < -0.4 is 10.6 Å². The molecule has 2 fully saturated rings. The van der Waals surface area contributed by atoms with Crippen LogP contribution in [0.15, 0.2) is 0 Å². The van der Waals surface area contributed by atoms with Gasteiger partial charge >= 0.3 is 0 Å². The first kappa shape index (κ1) is 20.2. The lowest BCUT2D eigenvalue weighted by Crippen LogP contribution is -2.52. The van der Waals surface area contributed by atoms with Gasteiger partial charge in [-0.15, -0.1) is 12.4 Å². The highest BCUT2D eigenvalue weighted by molar-refractivity contribution is 5.85. The summed E-state index contributed by atoms with van der Waals surface area (Å²) in [7, 11) is 0. The van der Waals surface area contributed by atoms with Gasteiger partial charge in [-0.25, -0.2) is 0 Å². The second-order valence-electron chi connectivity index (χ2n) is 6.90. The van der Waals surface area contributed by atoms with Crippen molar-refractivity contribution >= 4 is 12.4 Å². The van der Waals surface area contributed by atoms with E-state index in [0.717, 1.165) is 45.6 Å². The number of morpholine rings is 1. The maximum absolute atomic E-state index is 9.36. The number of halogens is 1. The molecule has 4 nitrogen and oxygen atoms in total. The Bertz CT molecular complexity index is 294. The van der Waals surface area contributed by atoms with E-state index in [-0.39, 0.29) is 17.8 Å². The molecule has 0 bridgehead atoms. The van der Waals surface area contributed by atoms with Crippen molar-refractivity contribution in [1.82, 2.24) is 10.6 Å². The number of rotatable bonds is 8. The number of ether oxygens (including phenoxy) is 1. The minimum atomic E-state index is 0. The molecule has 1 heterocycles. The lowest BCUT2D eigenvalue weighted by Gasteiger charge is -2.37. The van der Waals surface area contributed by atoms with E-state index >= 15 is 0 Å². The molecule has 1 saturated heterocycles. The molecular weight excluding hydrogens is 300 g/mol.